The molecule has 0 bridgehead atoms. The van der Waals surface area contributed by atoms with Gasteiger partial charge in [0.2, 0.25) is 5.91 Å². The highest BCUT2D eigenvalue weighted by Crippen LogP contribution is 2.17. The van der Waals surface area contributed by atoms with Crippen LogP contribution in [0.4, 0.5) is 0 Å². The van der Waals surface area contributed by atoms with E-state index in [0.717, 1.165) is 0 Å². The van der Waals surface area contributed by atoms with Crippen LogP contribution in [0.3, 0.4) is 0 Å². The first kappa shape index (κ1) is 12.2. The summed E-state index contributed by atoms with van der Waals surface area (Å²) < 4.78 is 0. The molecule has 0 aliphatic carbocycles. The van der Waals surface area contributed by atoms with E-state index in [0.29, 0.717) is 0 Å². The lowest BCUT2D eigenvalue weighted by atomic mass is 9.92. The van der Waals surface area contributed by atoms with Crippen molar-refractivity contribution in [3.05, 3.63) is 12.2 Å². The lowest BCUT2D eigenvalue weighted by Crippen LogP contribution is -2.40. The van der Waals surface area contributed by atoms with Crippen molar-refractivity contribution in [3.63, 3.8) is 0 Å². The molecule has 0 unspecified atom stereocenters. The monoisotopic (exact) mass is 183 g/mol. The minimum absolute atomic E-state index is 0.00330. The zero-order chi connectivity index (χ0) is 10.7. The van der Waals surface area contributed by atoms with Crippen molar-refractivity contribution >= 4 is 5.91 Å². The first-order chi connectivity index (χ1) is 5.62. The summed E-state index contributed by atoms with van der Waals surface area (Å²) in [5, 5.41) is 2.87. The molecular weight excluding hydrogens is 162 g/mol. The Balaban J connectivity index is 4.33. The lowest BCUT2D eigenvalue weighted by Gasteiger charge is -2.23. The molecule has 13 heavy (non-hydrogen) atoms. The number of hydrogen-bond acceptors (Lipinski definition) is 1. The summed E-state index contributed by atoms with van der Waals surface area (Å²) in [6, 6.07) is 0. The predicted molar refractivity (Wildman–Crippen MR) is 56.5 cm³/mol. The molecule has 76 valence electrons. The predicted octanol–water partition coefficient (Wildman–Crippen LogP) is 2.50. The van der Waals surface area contributed by atoms with Crippen LogP contribution in [0.15, 0.2) is 12.2 Å². The SMILES string of the molecule is CC(=O)NC(C)(C)/C=C/C(C)(C)C. The first-order valence-electron chi connectivity index (χ1n) is 4.61. The minimum Gasteiger partial charge on any atom is -0.348 e. The topological polar surface area (TPSA) is 29.1 Å². The summed E-state index contributed by atoms with van der Waals surface area (Å²) in [6.45, 7) is 11.9. The molecule has 2 heteroatoms. The molecule has 0 heterocycles. The summed E-state index contributed by atoms with van der Waals surface area (Å²) in [6.07, 6.45) is 4.15. The number of nitrogens with one attached hydrogen (secondary N) is 1. The van der Waals surface area contributed by atoms with Crippen LogP contribution in [0.5, 0.6) is 0 Å². The van der Waals surface area contributed by atoms with E-state index < -0.39 is 0 Å². The number of rotatable bonds is 2. The van der Waals surface area contributed by atoms with Crippen LogP contribution in [0, 0.1) is 5.41 Å². The summed E-state index contributed by atoms with van der Waals surface area (Å²) in [7, 11) is 0. The van der Waals surface area contributed by atoms with E-state index in [9.17, 15) is 4.79 Å². The maximum atomic E-state index is 10.8. The number of carbonyl (C=O) groups is 1. The molecule has 0 atom stereocenters. The molecule has 0 saturated carbocycles. The van der Waals surface area contributed by atoms with Crippen LogP contribution in [0.2, 0.25) is 0 Å². The smallest absolute Gasteiger partial charge is 0.217 e. The quantitative estimate of drug-likeness (QED) is 0.655. The van der Waals surface area contributed by atoms with Crippen molar-refractivity contribution in [3.8, 4) is 0 Å². The molecule has 0 aliphatic rings. The molecule has 0 aliphatic heterocycles. The lowest BCUT2D eigenvalue weighted by molar-refractivity contribution is -0.120. The van der Waals surface area contributed by atoms with E-state index in [1.807, 2.05) is 19.9 Å². The molecule has 2 nitrogen and oxygen atoms in total. The number of carbonyl (C=O) groups excluding carboxylic acids is 1. The van der Waals surface area contributed by atoms with E-state index in [1.165, 1.54) is 6.92 Å². The minimum atomic E-state index is -0.251. The van der Waals surface area contributed by atoms with Crippen molar-refractivity contribution < 1.29 is 4.79 Å². The van der Waals surface area contributed by atoms with Gasteiger partial charge >= 0.3 is 0 Å². The van der Waals surface area contributed by atoms with Crippen molar-refractivity contribution in [1.82, 2.24) is 5.32 Å². The highest BCUT2D eigenvalue weighted by molar-refractivity contribution is 5.74. The fraction of sp³-hybridized carbons (Fsp3) is 0.727. The summed E-state index contributed by atoms with van der Waals surface area (Å²) in [5.74, 6) is 0.00330. The third-order valence-electron chi connectivity index (χ3n) is 1.50. The van der Waals surface area contributed by atoms with Gasteiger partial charge in [0.1, 0.15) is 0 Å². The van der Waals surface area contributed by atoms with Gasteiger partial charge in [0.15, 0.2) is 0 Å². The Labute approximate surface area is 81.4 Å². The Hall–Kier alpha value is -0.790. The van der Waals surface area contributed by atoms with Crippen LogP contribution >= 0.6 is 0 Å². The molecule has 0 aromatic rings. The molecule has 0 rings (SSSR count). The van der Waals surface area contributed by atoms with Crippen LogP contribution in [0.1, 0.15) is 41.5 Å². The number of allylic oxidation sites excluding steroid dienone is 1. The number of hydrogen-bond donors (Lipinski definition) is 1. The van der Waals surface area contributed by atoms with E-state index in [1.54, 1.807) is 0 Å². The van der Waals surface area contributed by atoms with Crippen molar-refractivity contribution in [1.29, 1.82) is 0 Å². The average Bonchev–Trinajstić information content (AvgIpc) is 1.79. The van der Waals surface area contributed by atoms with E-state index in [2.05, 4.69) is 32.2 Å². The largest absolute Gasteiger partial charge is 0.348 e. The molecule has 1 amide bonds. The van der Waals surface area contributed by atoms with Gasteiger partial charge in [-0.2, -0.15) is 0 Å². The molecule has 1 N–H and O–H groups in total. The molecular formula is C11H21NO. The van der Waals surface area contributed by atoms with Crippen molar-refractivity contribution in [2.24, 2.45) is 5.41 Å². The fourth-order valence-electron chi connectivity index (χ4n) is 0.954. The fourth-order valence-corrected chi connectivity index (χ4v) is 0.954. The second-order valence-corrected chi connectivity index (χ2v) is 5.10. The Morgan fingerprint density at radius 2 is 1.54 bits per heavy atom. The molecule has 0 aromatic heterocycles. The second-order valence-electron chi connectivity index (χ2n) is 5.10. The summed E-state index contributed by atoms with van der Waals surface area (Å²) in [5.41, 5.74) is -0.0884. The maximum absolute atomic E-state index is 10.8. The molecule has 0 saturated heterocycles. The Bertz CT molecular complexity index is 209. The maximum Gasteiger partial charge on any atom is 0.217 e. The van der Waals surface area contributed by atoms with E-state index in [4.69, 9.17) is 0 Å². The van der Waals surface area contributed by atoms with Crippen LogP contribution in [-0.2, 0) is 4.79 Å². The average molecular weight is 183 g/mol. The van der Waals surface area contributed by atoms with Gasteiger partial charge in [0.25, 0.3) is 0 Å². The van der Waals surface area contributed by atoms with Crippen LogP contribution < -0.4 is 5.32 Å². The summed E-state index contributed by atoms with van der Waals surface area (Å²) >= 11 is 0. The Morgan fingerprint density at radius 1 is 1.08 bits per heavy atom. The molecule has 0 spiro atoms. The van der Waals surface area contributed by atoms with Gasteiger partial charge in [-0.05, 0) is 19.3 Å². The molecule has 0 radical (unpaired) electrons. The Kier molecular flexibility index (Phi) is 3.71. The van der Waals surface area contributed by atoms with Gasteiger partial charge in [0, 0.05) is 6.92 Å². The van der Waals surface area contributed by atoms with Gasteiger partial charge < -0.3 is 5.32 Å². The number of amides is 1. The van der Waals surface area contributed by atoms with Gasteiger partial charge in [-0.1, -0.05) is 32.9 Å². The first-order valence-corrected chi connectivity index (χ1v) is 4.61. The highest BCUT2D eigenvalue weighted by atomic mass is 16.1. The second kappa shape index (κ2) is 3.95. The third kappa shape index (κ3) is 7.57. The highest BCUT2D eigenvalue weighted by Gasteiger charge is 2.15. The van der Waals surface area contributed by atoms with Crippen LogP contribution in [-0.4, -0.2) is 11.4 Å². The van der Waals surface area contributed by atoms with Gasteiger partial charge in [-0.25, -0.2) is 0 Å². The van der Waals surface area contributed by atoms with Gasteiger partial charge in [-0.3, -0.25) is 4.79 Å². The van der Waals surface area contributed by atoms with Crippen molar-refractivity contribution in [2.75, 3.05) is 0 Å². The van der Waals surface area contributed by atoms with E-state index in [-0.39, 0.29) is 16.9 Å². The van der Waals surface area contributed by atoms with Crippen molar-refractivity contribution in [2.45, 2.75) is 47.1 Å². The normalized spacial score (nSPS) is 13.4. The van der Waals surface area contributed by atoms with Crippen LogP contribution in [0.25, 0.3) is 0 Å². The molecule has 0 fully saturated rings. The van der Waals surface area contributed by atoms with Gasteiger partial charge in [0.05, 0.1) is 5.54 Å². The summed E-state index contributed by atoms with van der Waals surface area (Å²) in [4.78, 5) is 10.8. The Morgan fingerprint density at radius 3 is 1.85 bits per heavy atom. The molecule has 0 aromatic carbocycles. The standard InChI is InChI=1S/C11H21NO/c1-9(13)12-11(5,6)8-7-10(2,3)4/h7-8H,1-6H3,(H,12,13)/b8-7+. The van der Waals surface area contributed by atoms with E-state index >= 15 is 0 Å². The van der Waals surface area contributed by atoms with Gasteiger partial charge in [-0.15, -0.1) is 0 Å². The zero-order valence-electron chi connectivity index (χ0n) is 9.56. The third-order valence-corrected chi connectivity index (χ3v) is 1.50. The zero-order valence-corrected chi connectivity index (χ0v) is 9.56.